The lowest BCUT2D eigenvalue weighted by Gasteiger charge is -1.94. The summed E-state index contributed by atoms with van der Waals surface area (Å²) in [5, 5.41) is 6.26. The normalized spacial score (nSPS) is 10.5. The van der Waals surface area contributed by atoms with Gasteiger partial charge in [-0.3, -0.25) is 14.6 Å². The standard InChI is InChI=1S/C9H13N3O3/c1-4-5-15-10-6-14-8-7(2)11-12(3)9(8)13/h4,6,11H,1,5H2,2-3H3. The first kappa shape index (κ1) is 11.1. The zero-order valence-electron chi connectivity index (χ0n) is 8.69. The molecule has 0 aromatic carbocycles. The highest BCUT2D eigenvalue weighted by Crippen LogP contribution is 2.06. The average Bonchev–Trinajstić information content (AvgIpc) is 2.44. The number of aromatic nitrogens is 2. The van der Waals surface area contributed by atoms with E-state index in [1.807, 2.05) is 0 Å². The van der Waals surface area contributed by atoms with Crippen LogP contribution in [0.1, 0.15) is 5.69 Å². The van der Waals surface area contributed by atoms with Crippen LogP contribution < -0.4 is 10.3 Å². The van der Waals surface area contributed by atoms with E-state index in [0.717, 1.165) is 6.40 Å². The van der Waals surface area contributed by atoms with E-state index in [0.29, 0.717) is 12.3 Å². The minimum atomic E-state index is -0.248. The van der Waals surface area contributed by atoms with Crippen molar-refractivity contribution < 1.29 is 9.57 Å². The monoisotopic (exact) mass is 211 g/mol. The van der Waals surface area contributed by atoms with Crippen molar-refractivity contribution in [2.24, 2.45) is 12.2 Å². The Labute approximate surface area is 86.8 Å². The zero-order chi connectivity index (χ0) is 11.3. The number of rotatable bonds is 5. The minimum absolute atomic E-state index is 0.212. The van der Waals surface area contributed by atoms with Gasteiger partial charge in [-0.2, -0.15) is 0 Å². The van der Waals surface area contributed by atoms with Crippen LogP contribution in [-0.2, 0) is 11.9 Å². The van der Waals surface area contributed by atoms with E-state index in [2.05, 4.69) is 16.8 Å². The number of hydrogen-bond donors (Lipinski definition) is 1. The third kappa shape index (κ3) is 2.73. The number of nitrogens with zero attached hydrogens (tertiary/aromatic N) is 2. The molecule has 0 saturated heterocycles. The number of aryl methyl sites for hydroxylation is 2. The summed E-state index contributed by atoms with van der Waals surface area (Å²) in [5.74, 6) is 0.212. The molecule has 1 N–H and O–H groups in total. The second-order valence-electron chi connectivity index (χ2n) is 2.84. The highest BCUT2D eigenvalue weighted by atomic mass is 16.6. The first-order valence-corrected chi connectivity index (χ1v) is 4.33. The molecule has 0 bridgehead atoms. The van der Waals surface area contributed by atoms with Gasteiger partial charge in [-0.05, 0) is 6.92 Å². The predicted molar refractivity (Wildman–Crippen MR) is 56.0 cm³/mol. The van der Waals surface area contributed by atoms with Crippen LogP contribution in [0.2, 0.25) is 0 Å². The molecule has 0 aliphatic rings. The lowest BCUT2D eigenvalue weighted by molar-refractivity contribution is 0.171. The molecule has 0 radical (unpaired) electrons. The summed E-state index contributed by atoms with van der Waals surface area (Å²) >= 11 is 0. The number of ether oxygens (including phenoxy) is 1. The largest absolute Gasteiger partial charge is 0.435 e. The molecule has 6 nitrogen and oxygen atoms in total. The fourth-order valence-corrected chi connectivity index (χ4v) is 1.01. The summed E-state index contributed by atoms with van der Waals surface area (Å²) in [6.07, 6.45) is 2.62. The van der Waals surface area contributed by atoms with Crippen molar-refractivity contribution in [1.29, 1.82) is 0 Å². The summed E-state index contributed by atoms with van der Waals surface area (Å²) in [6, 6.07) is 0. The SMILES string of the molecule is C=CCON=COc1c(C)[nH]n(C)c1=O. The summed E-state index contributed by atoms with van der Waals surface area (Å²) in [6.45, 7) is 5.48. The third-order valence-corrected chi connectivity index (χ3v) is 1.66. The van der Waals surface area contributed by atoms with Gasteiger partial charge >= 0.3 is 5.56 Å². The Morgan fingerprint density at radius 3 is 2.93 bits per heavy atom. The summed E-state index contributed by atoms with van der Waals surface area (Å²) in [5.41, 5.74) is 0.389. The Morgan fingerprint density at radius 1 is 1.67 bits per heavy atom. The Hall–Kier alpha value is -1.98. The van der Waals surface area contributed by atoms with E-state index in [-0.39, 0.29) is 11.3 Å². The second-order valence-corrected chi connectivity index (χ2v) is 2.84. The number of oxime groups is 1. The second kappa shape index (κ2) is 5.04. The molecular formula is C9H13N3O3. The van der Waals surface area contributed by atoms with Crippen molar-refractivity contribution in [2.45, 2.75) is 6.92 Å². The number of H-pyrrole nitrogens is 1. The van der Waals surface area contributed by atoms with E-state index in [4.69, 9.17) is 9.57 Å². The quantitative estimate of drug-likeness (QED) is 0.254. The van der Waals surface area contributed by atoms with Gasteiger partial charge in [0.15, 0.2) is 0 Å². The molecule has 0 unspecified atom stereocenters. The maximum atomic E-state index is 11.4. The molecule has 0 spiro atoms. The average molecular weight is 211 g/mol. The van der Waals surface area contributed by atoms with Crippen molar-refractivity contribution in [3.63, 3.8) is 0 Å². The third-order valence-electron chi connectivity index (χ3n) is 1.66. The molecular weight excluding hydrogens is 198 g/mol. The number of hydrogen-bond acceptors (Lipinski definition) is 4. The molecule has 0 saturated carbocycles. The molecule has 1 aromatic rings. The fraction of sp³-hybridized carbons (Fsp3) is 0.333. The topological polar surface area (TPSA) is 68.6 Å². The Balaban J connectivity index is 2.61. The van der Waals surface area contributed by atoms with Crippen LogP contribution in [0.4, 0.5) is 0 Å². The van der Waals surface area contributed by atoms with Crippen molar-refractivity contribution in [3.8, 4) is 5.75 Å². The van der Waals surface area contributed by atoms with Gasteiger partial charge in [0.25, 0.3) is 0 Å². The molecule has 6 heteroatoms. The lowest BCUT2D eigenvalue weighted by atomic mass is 10.4. The van der Waals surface area contributed by atoms with Gasteiger partial charge in [0.1, 0.15) is 6.61 Å². The fourth-order valence-electron chi connectivity index (χ4n) is 1.01. The van der Waals surface area contributed by atoms with Crippen molar-refractivity contribution in [1.82, 2.24) is 9.78 Å². The van der Waals surface area contributed by atoms with Crippen LogP contribution in [0.3, 0.4) is 0 Å². The molecule has 15 heavy (non-hydrogen) atoms. The van der Waals surface area contributed by atoms with Gasteiger partial charge in [-0.15, -0.1) is 0 Å². The smallest absolute Gasteiger partial charge is 0.309 e. The van der Waals surface area contributed by atoms with E-state index in [1.165, 1.54) is 4.68 Å². The van der Waals surface area contributed by atoms with Crippen LogP contribution in [-0.4, -0.2) is 22.8 Å². The maximum absolute atomic E-state index is 11.4. The Kier molecular flexibility index (Phi) is 3.73. The zero-order valence-corrected chi connectivity index (χ0v) is 8.69. The molecule has 1 aromatic heterocycles. The highest BCUT2D eigenvalue weighted by molar-refractivity contribution is 5.51. The van der Waals surface area contributed by atoms with Crippen molar-refractivity contribution in [3.05, 3.63) is 28.7 Å². The molecule has 82 valence electrons. The van der Waals surface area contributed by atoms with Gasteiger partial charge in [0, 0.05) is 7.05 Å². The molecule has 0 atom stereocenters. The first-order chi connectivity index (χ1) is 7.16. The predicted octanol–water partition coefficient (Wildman–Crippen LogP) is 0.547. The van der Waals surface area contributed by atoms with Gasteiger partial charge in [0.05, 0.1) is 5.69 Å². The van der Waals surface area contributed by atoms with Crippen LogP contribution in [0.5, 0.6) is 5.75 Å². The summed E-state index contributed by atoms with van der Waals surface area (Å²) in [7, 11) is 1.60. The van der Waals surface area contributed by atoms with Crippen molar-refractivity contribution in [2.75, 3.05) is 6.61 Å². The summed E-state index contributed by atoms with van der Waals surface area (Å²) in [4.78, 5) is 16.1. The van der Waals surface area contributed by atoms with E-state index in [9.17, 15) is 4.79 Å². The van der Waals surface area contributed by atoms with Gasteiger partial charge in [-0.1, -0.05) is 17.8 Å². The van der Waals surface area contributed by atoms with Gasteiger partial charge in [0.2, 0.25) is 12.2 Å². The maximum Gasteiger partial charge on any atom is 0.309 e. The van der Waals surface area contributed by atoms with E-state index in [1.54, 1.807) is 20.0 Å². The summed E-state index contributed by atoms with van der Waals surface area (Å²) < 4.78 is 6.34. The molecule has 0 amide bonds. The molecule has 1 rings (SSSR count). The lowest BCUT2D eigenvalue weighted by Crippen LogP contribution is -2.13. The molecule has 1 heterocycles. The van der Waals surface area contributed by atoms with Crippen LogP contribution in [0.25, 0.3) is 0 Å². The molecule has 0 aliphatic heterocycles. The first-order valence-electron chi connectivity index (χ1n) is 4.33. The van der Waals surface area contributed by atoms with Crippen LogP contribution in [0, 0.1) is 6.92 Å². The van der Waals surface area contributed by atoms with Gasteiger partial charge < -0.3 is 9.57 Å². The number of aromatic amines is 1. The van der Waals surface area contributed by atoms with Gasteiger partial charge in [-0.25, -0.2) is 0 Å². The molecule has 0 fully saturated rings. The Bertz CT molecular complexity index is 417. The Morgan fingerprint density at radius 2 is 2.40 bits per heavy atom. The number of nitrogens with one attached hydrogen (secondary N) is 1. The van der Waals surface area contributed by atoms with Crippen molar-refractivity contribution >= 4 is 6.40 Å². The van der Waals surface area contributed by atoms with E-state index < -0.39 is 0 Å². The minimum Gasteiger partial charge on any atom is -0.435 e. The van der Waals surface area contributed by atoms with E-state index >= 15 is 0 Å². The van der Waals surface area contributed by atoms with Crippen LogP contribution in [0.15, 0.2) is 22.6 Å². The van der Waals surface area contributed by atoms with Crippen LogP contribution >= 0.6 is 0 Å². The molecule has 0 aliphatic carbocycles. The highest BCUT2D eigenvalue weighted by Gasteiger charge is 2.08.